The molecular weight excluding hydrogens is 368 g/mol. The Balaban J connectivity index is 1.68. The average Bonchev–Trinajstić information content (AvgIpc) is 3.24. The van der Waals surface area contributed by atoms with Gasteiger partial charge >= 0.3 is 0 Å². The molecule has 5 rings (SSSR count). The van der Waals surface area contributed by atoms with E-state index < -0.39 is 0 Å². The van der Waals surface area contributed by atoms with Gasteiger partial charge in [-0.25, -0.2) is 4.98 Å². The molecule has 1 aliphatic rings. The molecular formula is C22H20N4OS. The zero-order valence-electron chi connectivity index (χ0n) is 16.0. The van der Waals surface area contributed by atoms with Crippen LogP contribution in [0.5, 0.6) is 0 Å². The molecule has 1 aliphatic heterocycles. The lowest BCUT2D eigenvalue weighted by Crippen LogP contribution is -2.25. The Hall–Kier alpha value is -2.99. The number of nitrogens with one attached hydrogen (secondary N) is 1. The summed E-state index contributed by atoms with van der Waals surface area (Å²) >= 11 is 1.58. The van der Waals surface area contributed by atoms with Gasteiger partial charge in [0.25, 0.3) is 0 Å². The zero-order valence-corrected chi connectivity index (χ0v) is 16.8. The minimum atomic E-state index is 0.00572. The first-order chi connectivity index (χ1) is 13.5. The Morgan fingerprint density at radius 3 is 2.71 bits per heavy atom. The van der Waals surface area contributed by atoms with E-state index in [1.54, 1.807) is 16.0 Å². The molecule has 0 saturated carbocycles. The molecule has 1 atom stereocenters. The van der Waals surface area contributed by atoms with Gasteiger partial charge in [-0.1, -0.05) is 41.7 Å². The quantitative estimate of drug-likeness (QED) is 0.532. The zero-order chi connectivity index (χ0) is 19.4. The molecule has 0 unspecified atom stereocenters. The summed E-state index contributed by atoms with van der Waals surface area (Å²) in [6.07, 6.45) is 0.432. The second-order valence-electron chi connectivity index (χ2n) is 7.37. The van der Waals surface area contributed by atoms with E-state index in [0.29, 0.717) is 6.42 Å². The molecule has 0 fully saturated rings. The van der Waals surface area contributed by atoms with Gasteiger partial charge < -0.3 is 5.32 Å². The number of amides is 1. The molecule has 1 amide bonds. The Morgan fingerprint density at radius 2 is 1.93 bits per heavy atom. The topological polar surface area (TPSA) is 59.8 Å². The third kappa shape index (κ3) is 2.64. The second-order valence-corrected chi connectivity index (χ2v) is 8.38. The summed E-state index contributed by atoms with van der Waals surface area (Å²) in [5.74, 6) is 0.764. The number of nitrogens with zero attached hydrogens (tertiary/aromatic N) is 3. The average molecular weight is 388 g/mol. The van der Waals surface area contributed by atoms with E-state index in [4.69, 9.17) is 10.1 Å². The van der Waals surface area contributed by atoms with Crippen LogP contribution in [-0.2, 0) is 4.79 Å². The fraction of sp³-hybridized carbons (Fsp3) is 0.227. The maximum Gasteiger partial charge on any atom is 0.226 e. The van der Waals surface area contributed by atoms with Gasteiger partial charge in [0.15, 0.2) is 0 Å². The number of hydrogen-bond donors (Lipinski definition) is 1. The van der Waals surface area contributed by atoms with E-state index in [1.165, 1.54) is 11.1 Å². The number of carbonyl (C=O) groups excluding carboxylic acids is 1. The largest absolute Gasteiger partial charge is 0.310 e. The van der Waals surface area contributed by atoms with E-state index in [9.17, 15) is 4.79 Å². The van der Waals surface area contributed by atoms with Crippen molar-refractivity contribution in [3.8, 4) is 5.13 Å². The van der Waals surface area contributed by atoms with E-state index in [-0.39, 0.29) is 11.8 Å². The first-order valence-corrected chi connectivity index (χ1v) is 10.2. The Labute approximate surface area is 167 Å². The molecule has 28 heavy (non-hydrogen) atoms. The van der Waals surface area contributed by atoms with Crippen LogP contribution in [-0.4, -0.2) is 20.7 Å². The molecule has 3 heterocycles. The Kier molecular flexibility index (Phi) is 3.84. The number of aromatic nitrogens is 3. The SMILES string of the molecule is Cc1ccc([C@@H]2CC(=O)Nc3c2c(C)nn3-c2nc3ccccc3s2)cc1C. The van der Waals surface area contributed by atoms with Gasteiger partial charge in [0.2, 0.25) is 11.0 Å². The molecule has 0 saturated heterocycles. The molecule has 6 heteroatoms. The lowest BCUT2D eigenvalue weighted by Gasteiger charge is -2.24. The molecule has 0 radical (unpaired) electrons. The van der Waals surface area contributed by atoms with Crippen molar-refractivity contribution >= 4 is 33.3 Å². The van der Waals surface area contributed by atoms with E-state index in [2.05, 4.69) is 43.4 Å². The Bertz CT molecular complexity index is 1200. The van der Waals surface area contributed by atoms with Gasteiger partial charge in [0.05, 0.1) is 15.9 Å². The van der Waals surface area contributed by atoms with Crippen molar-refractivity contribution in [1.29, 1.82) is 0 Å². The number of thiazole rings is 1. The minimum Gasteiger partial charge on any atom is -0.310 e. The molecule has 5 nitrogen and oxygen atoms in total. The van der Waals surface area contributed by atoms with Crippen molar-refractivity contribution in [2.24, 2.45) is 0 Å². The maximum atomic E-state index is 12.6. The normalized spacial score (nSPS) is 16.2. The molecule has 0 spiro atoms. The highest BCUT2D eigenvalue weighted by Gasteiger charge is 2.33. The maximum absolute atomic E-state index is 12.6. The molecule has 0 aliphatic carbocycles. The van der Waals surface area contributed by atoms with Crippen LogP contribution in [0.2, 0.25) is 0 Å². The molecule has 0 bridgehead atoms. The summed E-state index contributed by atoms with van der Waals surface area (Å²) in [4.78, 5) is 17.3. The fourth-order valence-electron chi connectivity index (χ4n) is 3.90. The van der Waals surface area contributed by atoms with Gasteiger partial charge in [-0.15, -0.1) is 0 Å². The van der Waals surface area contributed by atoms with Crippen LogP contribution in [0.4, 0.5) is 5.82 Å². The highest BCUT2D eigenvalue weighted by Crippen LogP contribution is 2.41. The fourth-order valence-corrected chi connectivity index (χ4v) is 4.83. The summed E-state index contributed by atoms with van der Waals surface area (Å²) in [6.45, 7) is 6.22. The minimum absolute atomic E-state index is 0.00572. The summed E-state index contributed by atoms with van der Waals surface area (Å²) < 4.78 is 2.90. The molecule has 4 aromatic rings. The van der Waals surface area contributed by atoms with Crippen molar-refractivity contribution in [3.63, 3.8) is 0 Å². The van der Waals surface area contributed by atoms with Crippen LogP contribution in [0.25, 0.3) is 15.3 Å². The third-order valence-corrected chi connectivity index (χ3v) is 6.51. The summed E-state index contributed by atoms with van der Waals surface area (Å²) in [5.41, 5.74) is 6.61. The number of rotatable bonds is 2. The van der Waals surface area contributed by atoms with E-state index in [1.807, 2.05) is 25.1 Å². The van der Waals surface area contributed by atoms with Gasteiger partial charge in [0, 0.05) is 17.9 Å². The van der Waals surface area contributed by atoms with Crippen LogP contribution in [0.1, 0.15) is 40.3 Å². The summed E-state index contributed by atoms with van der Waals surface area (Å²) in [6, 6.07) is 14.5. The van der Waals surface area contributed by atoms with Crippen molar-refractivity contribution in [2.45, 2.75) is 33.1 Å². The number of hydrogen-bond acceptors (Lipinski definition) is 4. The van der Waals surface area contributed by atoms with Crippen LogP contribution < -0.4 is 5.32 Å². The van der Waals surface area contributed by atoms with Gasteiger partial charge in [0.1, 0.15) is 5.82 Å². The lowest BCUT2D eigenvalue weighted by atomic mass is 9.84. The highest BCUT2D eigenvalue weighted by atomic mass is 32.1. The molecule has 1 N–H and O–H groups in total. The van der Waals surface area contributed by atoms with Gasteiger partial charge in [-0.2, -0.15) is 9.78 Å². The number of fused-ring (bicyclic) bond motifs is 2. The number of para-hydroxylation sites is 1. The predicted molar refractivity (Wildman–Crippen MR) is 112 cm³/mol. The van der Waals surface area contributed by atoms with Crippen molar-refractivity contribution in [1.82, 2.24) is 14.8 Å². The Morgan fingerprint density at radius 1 is 1.11 bits per heavy atom. The standard InChI is InChI=1S/C22H20N4OS/c1-12-8-9-15(10-13(12)2)16-11-19(27)24-21-20(16)14(3)25-26(21)22-23-17-6-4-5-7-18(17)28-22/h4-10,16H,11H2,1-3H3,(H,24,27)/t16-/m0/s1. The van der Waals surface area contributed by atoms with Crippen molar-refractivity contribution in [3.05, 3.63) is 70.4 Å². The number of anilines is 1. The first-order valence-electron chi connectivity index (χ1n) is 9.33. The monoisotopic (exact) mass is 388 g/mol. The first kappa shape index (κ1) is 17.1. The lowest BCUT2D eigenvalue weighted by molar-refractivity contribution is -0.116. The van der Waals surface area contributed by atoms with Crippen LogP contribution in [0, 0.1) is 20.8 Å². The van der Waals surface area contributed by atoms with Crippen LogP contribution in [0.3, 0.4) is 0 Å². The number of aryl methyl sites for hydroxylation is 3. The van der Waals surface area contributed by atoms with Gasteiger partial charge in [-0.3, -0.25) is 4.79 Å². The smallest absolute Gasteiger partial charge is 0.226 e. The third-order valence-electron chi connectivity index (χ3n) is 5.50. The van der Waals surface area contributed by atoms with Crippen LogP contribution in [0.15, 0.2) is 42.5 Å². The van der Waals surface area contributed by atoms with E-state index in [0.717, 1.165) is 38.0 Å². The molecule has 2 aromatic carbocycles. The second kappa shape index (κ2) is 6.27. The predicted octanol–water partition coefficient (Wildman–Crippen LogP) is 4.88. The highest BCUT2D eigenvalue weighted by molar-refractivity contribution is 7.20. The number of carbonyl (C=O) groups is 1. The molecule has 140 valence electrons. The summed E-state index contributed by atoms with van der Waals surface area (Å²) in [5, 5.41) is 8.57. The van der Waals surface area contributed by atoms with Crippen LogP contribution >= 0.6 is 11.3 Å². The van der Waals surface area contributed by atoms with E-state index >= 15 is 0 Å². The van der Waals surface area contributed by atoms with Gasteiger partial charge in [-0.05, 0) is 49.6 Å². The summed E-state index contributed by atoms with van der Waals surface area (Å²) in [7, 11) is 0. The van der Waals surface area contributed by atoms with Crippen molar-refractivity contribution < 1.29 is 4.79 Å². The molecule has 2 aromatic heterocycles. The number of benzene rings is 2. The van der Waals surface area contributed by atoms with Crippen molar-refractivity contribution in [2.75, 3.05) is 5.32 Å².